The van der Waals surface area contributed by atoms with E-state index in [1.807, 2.05) is 19.1 Å². The van der Waals surface area contributed by atoms with Gasteiger partial charge in [-0.2, -0.15) is 9.29 Å². The molecule has 0 unspecified atom stereocenters. The molecular formula is C24H26FN3O5S. The fourth-order valence-electron chi connectivity index (χ4n) is 4.32. The molecule has 1 aliphatic heterocycles. The molecule has 0 N–H and O–H groups in total. The smallest absolute Gasteiger partial charge is 0.309 e. The van der Waals surface area contributed by atoms with Gasteiger partial charge in [0.05, 0.1) is 10.8 Å². The first-order valence-corrected chi connectivity index (χ1v) is 12.4. The number of hydrogen-bond donors (Lipinski definition) is 0. The van der Waals surface area contributed by atoms with Crippen molar-refractivity contribution in [1.29, 1.82) is 0 Å². The Morgan fingerprint density at radius 3 is 2.35 bits per heavy atom. The van der Waals surface area contributed by atoms with Gasteiger partial charge in [0.2, 0.25) is 15.8 Å². The third-order valence-electron chi connectivity index (χ3n) is 5.90. The minimum absolute atomic E-state index is 0.123. The van der Waals surface area contributed by atoms with Crippen molar-refractivity contribution in [3.63, 3.8) is 0 Å². The molecule has 0 radical (unpaired) electrons. The van der Waals surface area contributed by atoms with Gasteiger partial charge >= 0.3 is 5.97 Å². The first-order valence-electron chi connectivity index (χ1n) is 11.0. The van der Waals surface area contributed by atoms with Gasteiger partial charge in [0.25, 0.3) is 5.89 Å². The van der Waals surface area contributed by atoms with Crippen molar-refractivity contribution >= 4 is 16.0 Å². The van der Waals surface area contributed by atoms with E-state index in [-0.39, 0.29) is 37.2 Å². The van der Waals surface area contributed by atoms with Crippen molar-refractivity contribution in [1.82, 2.24) is 14.4 Å². The standard InChI is InChI=1S/C24H26FN3O5S/c1-15-12-16(2)22(17(3)13-15)34(30,31)28-10-8-19(9-11-28)24(29)32-14-21-26-23(27-33-21)18-4-6-20(25)7-5-18/h4-7,12-13,19H,8-11,14H2,1-3H3. The van der Waals surface area contributed by atoms with E-state index in [2.05, 4.69) is 10.1 Å². The Hall–Kier alpha value is -3.11. The predicted molar refractivity (Wildman–Crippen MR) is 122 cm³/mol. The van der Waals surface area contributed by atoms with Crippen LogP contribution in [-0.2, 0) is 26.2 Å². The maximum Gasteiger partial charge on any atom is 0.309 e. The number of halogens is 1. The molecule has 1 aromatic heterocycles. The third-order valence-corrected chi connectivity index (χ3v) is 8.10. The van der Waals surface area contributed by atoms with E-state index in [0.29, 0.717) is 23.3 Å². The minimum Gasteiger partial charge on any atom is -0.455 e. The Kier molecular flexibility index (Phi) is 6.81. The molecule has 0 spiro atoms. The number of nitrogens with zero attached hydrogens (tertiary/aromatic N) is 3. The average Bonchev–Trinajstić information content (AvgIpc) is 3.26. The summed E-state index contributed by atoms with van der Waals surface area (Å²) >= 11 is 0. The normalized spacial score (nSPS) is 15.4. The van der Waals surface area contributed by atoms with Crippen molar-refractivity contribution in [2.45, 2.75) is 45.1 Å². The number of sulfonamides is 1. The average molecular weight is 488 g/mol. The first-order chi connectivity index (χ1) is 16.1. The highest BCUT2D eigenvalue weighted by Gasteiger charge is 2.34. The van der Waals surface area contributed by atoms with Crippen molar-refractivity contribution in [3.8, 4) is 11.4 Å². The molecule has 0 atom stereocenters. The summed E-state index contributed by atoms with van der Waals surface area (Å²) in [6.07, 6.45) is 0.735. The molecule has 8 nitrogen and oxygen atoms in total. The number of carbonyl (C=O) groups is 1. The molecule has 180 valence electrons. The summed E-state index contributed by atoms with van der Waals surface area (Å²) in [7, 11) is -3.65. The maximum absolute atomic E-state index is 13.2. The van der Waals surface area contributed by atoms with Gasteiger partial charge in [-0.25, -0.2) is 12.8 Å². The van der Waals surface area contributed by atoms with Crippen LogP contribution >= 0.6 is 0 Å². The van der Waals surface area contributed by atoms with E-state index in [1.54, 1.807) is 13.8 Å². The van der Waals surface area contributed by atoms with Gasteiger partial charge in [0, 0.05) is 18.7 Å². The second kappa shape index (κ2) is 9.63. The van der Waals surface area contributed by atoms with Gasteiger partial charge in [-0.1, -0.05) is 22.9 Å². The van der Waals surface area contributed by atoms with E-state index in [1.165, 1.54) is 28.6 Å². The molecule has 34 heavy (non-hydrogen) atoms. The highest BCUT2D eigenvalue weighted by Crippen LogP contribution is 2.29. The Bertz CT molecular complexity index is 1270. The third kappa shape index (κ3) is 5.02. The van der Waals surface area contributed by atoms with Gasteiger partial charge in [0.15, 0.2) is 6.61 Å². The topological polar surface area (TPSA) is 103 Å². The van der Waals surface area contributed by atoms with Gasteiger partial charge in [0.1, 0.15) is 5.82 Å². The molecule has 0 bridgehead atoms. The Balaban J connectivity index is 1.33. The molecule has 1 aliphatic rings. The summed E-state index contributed by atoms with van der Waals surface area (Å²) in [4.78, 5) is 17.0. The molecule has 2 heterocycles. The van der Waals surface area contributed by atoms with Crippen LogP contribution in [-0.4, -0.2) is 41.9 Å². The molecule has 2 aromatic carbocycles. The molecule has 3 aromatic rings. The van der Waals surface area contributed by atoms with Crippen molar-refractivity contribution in [2.75, 3.05) is 13.1 Å². The molecule has 0 saturated carbocycles. The fourth-order valence-corrected chi connectivity index (χ4v) is 6.20. The lowest BCUT2D eigenvalue weighted by Gasteiger charge is -2.31. The maximum atomic E-state index is 13.2. The summed E-state index contributed by atoms with van der Waals surface area (Å²) in [5.74, 6) is -0.818. The van der Waals surface area contributed by atoms with Crippen LogP contribution in [0.2, 0.25) is 0 Å². The quantitative estimate of drug-likeness (QED) is 0.485. The summed E-state index contributed by atoms with van der Waals surface area (Å²) in [5.41, 5.74) is 3.04. The van der Waals surface area contributed by atoms with Crippen LogP contribution in [0.15, 0.2) is 45.8 Å². The van der Waals surface area contributed by atoms with Crippen LogP contribution < -0.4 is 0 Å². The summed E-state index contributed by atoms with van der Waals surface area (Å²) < 4.78 is 51.4. The summed E-state index contributed by atoms with van der Waals surface area (Å²) in [6, 6.07) is 9.36. The van der Waals surface area contributed by atoms with Crippen molar-refractivity contribution in [2.24, 2.45) is 5.92 Å². The number of ether oxygens (including phenoxy) is 1. The number of piperidine rings is 1. The summed E-state index contributed by atoms with van der Waals surface area (Å²) in [6.45, 7) is 5.83. The molecule has 0 amide bonds. The highest BCUT2D eigenvalue weighted by atomic mass is 32.2. The number of aryl methyl sites for hydroxylation is 3. The lowest BCUT2D eigenvalue weighted by atomic mass is 9.98. The van der Waals surface area contributed by atoms with Crippen LogP contribution in [0.4, 0.5) is 4.39 Å². The fraction of sp³-hybridized carbons (Fsp3) is 0.375. The van der Waals surface area contributed by atoms with E-state index in [9.17, 15) is 17.6 Å². The second-order valence-electron chi connectivity index (χ2n) is 8.53. The van der Waals surface area contributed by atoms with Crippen LogP contribution in [0.5, 0.6) is 0 Å². The SMILES string of the molecule is Cc1cc(C)c(S(=O)(=O)N2CCC(C(=O)OCc3nc(-c4ccc(F)cc4)no3)CC2)c(C)c1. The number of aromatic nitrogens is 2. The van der Waals surface area contributed by atoms with Crippen LogP contribution in [0.25, 0.3) is 11.4 Å². The Morgan fingerprint density at radius 1 is 1.12 bits per heavy atom. The molecular weight excluding hydrogens is 461 g/mol. The van der Waals surface area contributed by atoms with E-state index >= 15 is 0 Å². The molecule has 4 rings (SSSR count). The van der Waals surface area contributed by atoms with Gasteiger partial charge in [-0.05, 0) is 69.0 Å². The number of rotatable bonds is 6. The molecule has 10 heteroatoms. The largest absolute Gasteiger partial charge is 0.455 e. The Labute approximate surface area is 197 Å². The van der Waals surface area contributed by atoms with Crippen LogP contribution in [0, 0.1) is 32.5 Å². The zero-order chi connectivity index (χ0) is 24.5. The predicted octanol–water partition coefficient (Wildman–Crippen LogP) is 3.95. The van der Waals surface area contributed by atoms with Gasteiger partial charge in [-0.3, -0.25) is 4.79 Å². The molecule has 1 fully saturated rings. The van der Waals surface area contributed by atoms with Crippen LogP contribution in [0.3, 0.4) is 0 Å². The van der Waals surface area contributed by atoms with E-state index < -0.39 is 21.9 Å². The minimum atomic E-state index is -3.65. The van der Waals surface area contributed by atoms with Gasteiger partial charge < -0.3 is 9.26 Å². The highest BCUT2D eigenvalue weighted by molar-refractivity contribution is 7.89. The summed E-state index contributed by atoms with van der Waals surface area (Å²) in [5, 5.41) is 3.82. The number of hydrogen-bond acceptors (Lipinski definition) is 7. The molecule has 1 saturated heterocycles. The van der Waals surface area contributed by atoms with Gasteiger partial charge in [-0.15, -0.1) is 0 Å². The monoisotopic (exact) mass is 487 g/mol. The number of benzene rings is 2. The molecule has 0 aliphatic carbocycles. The number of carbonyl (C=O) groups excluding carboxylic acids is 1. The zero-order valence-corrected chi connectivity index (χ0v) is 20.1. The zero-order valence-electron chi connectivity index (χ0n) is 19.2. The lowest BCUT2D eigenvalue weighted by molar-refractivity contribution is -0.152. The lowest BCUT2D eigenvalue weighted by Crippen LogP contribution is -2.41. The van der Waals surface area contributed by atoms with E-state index in [4.69, 9.17) is 9.26 Å². The van der Waals surface area contributed by atoms with Crippen molar-refractivity contribution < 1.29 is 26.9 Å². The second-order valence-corrected chi connectivity index (χ2v) is 10.4. The first kappa shape index (κ1) is 24.0. The Morgan fingerprint density at radius 2 is 1.74 bits per heavy atom. The van der Waals surface area contributed by atoms with E-state index in [0.717, 1.165) is 16.7 Å². The number of esters is 1. The van der Waals surface area contributed by atoms with Crippen LogP contribution in [0.1, 0.15) is 35.4 Å². The van der Waals surface area contributed by atoms with Crippen molar-refractivity contribution in [3.05, 3.63) is 64.8 Å².